The number of benzene rings is 3. The van der Waals surface area contributed by atoms with Crippen molar-refractivity contribution in [2.75, 3.05) is 31.6 Å². The highest BCUT2D eigenvalue weighted by molar-refractivity contribution is 5.92. The lowest BCUT2D eigenvalue weighted by Gasteiger charge is -2.18. The zero-order chi connectivity index (χ0) is 22.3. The van der Waals surface area contributed by atoms with Crippen LogP contribution in [0.25, 0.3) is 22.3 Å². The minimum absolute atomic E-state index is 0.153. The first kappa shape index (κ1) is 21.6. The molecule has 164 valence electrons. The number of hydrogen-bond acceptors (Lipinski definition) is 6. The summed E-state index contributed by atoms with van der Waals surface area (Å²) >= 11 is 0. The molecule has 0 atom stereocenters. The average molecular weight is 429 g/mol. The zero-order valence-electron chi connectivity index (χ0n) is 18.5. The van der Waals surface area contributed by atoms with Crippen LogP contribution in [-0.2, 0) is 0 Å². The third-order valence-corrected chi connectivity index (χ3v) is 5.44. The van der Waals surface area contributed by atoms with Gasteiger partial charge in [0.1, 0.15) is 23.9 Å². The first-order valence-electron chi connectivity index (χ1n) is 10.9. The molecule has 0 fully saturated rings. The lowest BCUT2D eigenvalue weighted by atomic mass is 10.1. The standard InChI is InChI=1S/C26H28N4O2/c1-3-30(4-2)17-18-32-20-15-13-19(14-16-20)27-25-21-9-5-7-11-23(21)28-26(29-25)22-10-6-8-12-24(22)31/h5-16,31H,3-4,17-18H2,1-2H3,(H,27,28,29). The average Bonchev–Trinajstić information content (AvgIpc) is 2.83. The summed E-state index contributed by atoms with van der Waals surface area (Å²) in [6.45, 7) is 7.94. The number of aromatic nitrogens is 2. The number of para-hydroxylation sites is 2. The first-order chi connectivity index (χ1) is 15.7. The summed E-state index contributed by atoms with van der Waals surface area (Å²) < 4.78 is 5.88. The topological polar surface area (TPSA) is 70.5 Å². The minimum atomic E-state index is 0.153. The van der Waals surface area contributed by atoms with Crippen LogP contribution in [0, 0.1) is 0 Å². The molecule has 3 aromatic carbocycles. The highest BCUT2D eigenvalue weighted by Gasteiger charge is 2.12. The fraction of sp³-hybridized carbons (Fsp3) is 0.231. The van der Waals surface area contributed by atoms with E-state index in [2.05, 4.69) is 29.0 Å². The van der Waals surface area contributed by atoms with Gasteiger partial charge in [-0.15, -0.1) is 0 Å². The van der Waals surface area contributed by atoms with Crippen LogP contribution in [0.5, 0.6) is 11.5 Å². The van der Waals surface area contributed by atoms with Crippen molar-refractivity contribution in [2.45, 2.75) is 13.8 Å². The Balaban J connectivity index is 1.55. The molecule has 0 aliphatic heterocycles. The fourth-order valence-corrected chi connectivity index (χ4v) is 3.56. The number of ether oxygens (including phenoxy) is 1. The molecular weight excluding hydrogens is 400 g/mol. The van der Waals surface area contributed by atoms with Crippen LogP contribution in [0.2, 0.25) is 0 Å². The van der Waals surface area contributed by atoms with Crippen LogP contribution in [0.4, 0.5) is 11.5 Å². The van der Waals surface area contributed by atoms with Gasteiger partial charge in [-0.2, -0.15) is 0 Å². The van der Waals surface area contributed by atoms with Gasteiger partial charge in [-0.3, -0.25) is 0 Å². The Bertz CT molecular complexity index is 1170. The van der Waals surface area contributed by atoms with E-state index in [0.29, 0.717) is 23.8 Å². The molecule has 0 saturated heterocycles. The number of anilines is 2. The third kappa shape index (κ3) is 4.98. The van der Waals surface area contributed by atoms with Crippen molar-refractivity contribution >= 4 is 22.4 Å². The van der Waals surface area contributed by atoms with Gasteiger partial charge in [-0.1, -0.05) is 38.1 Å². The van der Waals surface area contributed by atoms with Crippen LogP contribution in [0.3, 0.4) is 0 Å². The van der Waals surface area contributed by atoms with E-state index in [1.165, 1.54) is 0 Å². The molecule has 1 heterocycles. The van der Waals surface area contributed by atoms with Crippen molar-refractivity contribution in [1.29, 1.82) is 0 Å². The summed E-state index contributed by atoms with van der Waals surface area (Å²) in [5, 5.41) is 14.6. The van der Waals surface area contributed by atoms with Gasteiger partial charge in [0, 0.05) is 17.6 Å². The van der Waals surface area contributed by atoms with Crippen LogP contribution >= 0.6 is 0 Å². The van der Waals surface area contributed by atoms with E-state index < -0.39 is 0 Å². The van der Waals surface area contributed by atoms with Crippen LogP contribution < -0.4 is 10.1 Å². The molecule has 0 saturated carbocycles. The smallest absolute Gasteiger partial charge is 0.165 e. The number of nitrogens with one attached hydrogen (secondary N) is 1. The van der Waals surface area contributed by atoms with Gasteiger partial charge in [0.05, 0.1) is 11.1 Å². The Morgan fingerprint density at radius 2 is 1.59 bits per heavy atom. The molecule has 0 bridgehead atoms. The number of phenols is 1. The summed E-state index contributed by atoms with van der Waals surface area (Å²) in [4.78, 5) is 11.7. The number of phenolic OH excluding ortho intramolecular Hbond substituents is 1. The molecular formula is C26H28N4O2. The van der Waals surface area contributed by atoms with E-state index in [9.17, 15) is 5.11 Å². The quantitative estimate of drug-likeness (QED) is 0.369. The Labute approximate surface area is 188 Å². The molecule has 0 aliphatic carbocycles. The Hall–Kier alpha value is -3.64. The molecule has 6 heteroatoms. The molecule has 0 radical (unpaired) electrons. The second-order valence-corrected chi connectivity index (χ2v) is 7.45. The molecule has 0 spiro atoms. The molecule has 4 aromatic rings. The van der Waals surface area contributed by atoms with E-state index in [0.717, 1.165) is 42.0 Å². The van der Waals surface area contributed by atoms with Crippen molar-refractivity contribution < 1.29 is 9.84 Å². The van der Waals surface area contributed by atoms with Crippen molar-refractivity contribution in [1.82, 2.24) is 14.9 Å². The van der Waals surface area contributed by atoms with Crippen LogP contribution in [-0.4, -0.2) is 46.2 Å². The van der Waals surface area contributed by atoms with Crippen LogP contribution in [0.1, 0.15) is 13.8 Å². The summed E-state index contributed by atoms with van der Waals surface area (Å²) in [5.74, 6) is 2.15. The largest absolute Gasteiger partial charge is 0.507 e. The third-order valence-electron chi connectivity index (χ3n) is 5.44. The molecule has 4 rings (SSSR count). The molecule has 0 amide bonds. The molecule has 6 nitrogen and oxygen atoms in total. The van der Waals surface area contributed by atoms with E-state index >= 15 is 0 Å². The maximum absolute atomic E-state index is 10.3. The van der Waals surface area contributed by atoms with Crippen molar-refractivity contribution in [3.63, 3.8) is 0 Å². The van der Waals surface area contributed by atoms with Crippen molar-refractivity contribution in [2.24, 2.45) is 0 Å². The summed E-state index contributed by atoms with van der Waals surface area (Å²) in [6.07, 6.45) is 0. The van der Waals surface area contributed by atoms with Gasteiger partial charge in [-0.05, 0) is 61.6 Å². The van der Waals surface area contributed by atoms with E-state index in [1.54, 1.807) is 12.1 Å². The van der Waals surface area contributed by atoms with Gasteiger partial charge in [0.2, 0.25) is 0 Å². The minimum Gasteiger partial charge on any atom is -0.507 e. The van der Waals surface area contributed by atoms with E-state index in [1.807, 2.05) is 60.7 Å². The second kappa shape index (κ2) is 10.1. The Morgan fingerprint density at radius 1 is 0.875 bits per heavy atom. The summed E-state index contributed by atoms with van der Waals surface area (Å²) in [5.41, 5.74) is 2.30. The number of rotatable bonds is 9. The van der Waals surface area contributed by atoms with Gasteiger partial charge >= 0.3 is 0 Å². The normalized spacial score (nSPS) is 11.1. The Morgan fingerprint density at radius 3 is 2.34 bits per heavy atom. The highest BCUT2D eigenvalue weighted by atomic mass is 16.5. The number of likely N-dealkylation sites (N-methyl/N-ethyl adjacent to an activating group) is 1. The Kier molecular flexibility index (Phi) is 6.82. The summed E-state index contributed by atoms with van der Waals surface area (Å²) in [7, 11) is 0. The predicted molar refractivity (Wildman–Crippen MR) is 130 cm³/mol. The number of nitrogens with zero attached hydrogens (tertiary/aromatic N) is 3. The SMILES string of the molecule is CCN(CC)CCOc1ccc(Nc2nc(-c3ccccc3O)nc3ccccc23)cc1. The number of aromatic hydroxyl groups is 1. The maximum Gasteiger partial charge on any atom is 0.165 e. The van der Waals surface area contributed by atoms with Gasteiger partial charge in [-0.25, -0.2) is 9.97 Å². The zero-order valence-corrected chi connectivity index (χ0v) is 18.5. The monoisotopic (exact) mass is 428 g/mol. The van der Waals surface area contributed by atoms with Crippen molar-refractivity contribution in [3.8, 4) is 22.9 Å². The predicted octanol–water partition coefficient (Wildman–Crippen LogP) is 5.47. The molecule has 2 N–H and O–H groups in total. The lowest BCUT2D eigenvalue weighted by Crippen LogP contribution is -2.27. The van der Waals surface area contributed by atoms with Gasteiger partial charge in [0.25, 0.3) is 0 Å². The molecule has 1 aromatic heterocycles. The number of hydrogen-bond donors (Lipinski definition) is 2. The van der Waals surface area contributed by atoms with Crippen LogP contribution in [0.15, 0.2) is 72.8 Å². The first-order valence-corrected chi connectivity index (χ1v) is 10.9. The molecule has 0 unspecified atom stereocenters. The van der Waals surface area contributed by atoms with Gasteiger partial charge < -0.3 is 20.1 Å². The number of fused-ring (bicyclic) bond motifs is 1. The summed E-state index contributed by atoms with van der Waals surface area (Å²) in [6, 6.07) is 22.8. The van der Waals surface area contributed by atoms with E-state index in [4.69, 9.17) is 9.72 Å². The van der Waals surface area contributed by atoms with Crippen molar-refractivity contribution in [3.05, 3.63) is 72.8 Å². The molecule has 0 aliphatic rings. The lowest BCUT2D eigenvalue weighted by molar-refractivity contribution is 0.223. The fourth-order valence-electron chi connectivity index (χ4n) is 3.56. The second-order valence-electron chi connectivity index (χ2n) is 7.45. The highest BCUT2D eigenvalue weighted by Crippen LogP contribution is 2.31. The van der Waals surface area contributed by atoms with Gasteiger partial charge in [0.15, 0.2) is 5.82 Å². The molecule has 32 heavy (non-hydrogen) atoms. The van der Waals surface area contributed by atoms with E-state index in [-0.39, 0.29) is 5.75 Å². The maximum atomic E-state index is 10.3.